The minimum Gasteiger partial charge on any atom is -0.338 e. The van der Waals surface area contributed by atoms with Gasteiger partial charge in [0.1, 0.15) is 5.69 Å². The van der Waals surface area contributed by atoms with Crippen molar-refractivity contribution in [1.82, 2.24) is 15.1 Å². The summed E-state index contributed by atoms with van der Waals surface area (Å²) in [6.45, 7) is 0. The summed E-state index contributed by atoms with van der Waals surface area (Å²) in [6, 6.07) is 16.1. The summed E-state index contributed by atoms with van der Waals surface area (Å²) in [4.78, 5) is 8.89. The van der Waals surface area contributed by atoms with Crippen molar-refractivity contribution in [2.45, 2.75) is 24.7 Å². The SMILES string of the molecule is c1ccc(C2(c3nc(-c4ccccn4)no3)CCC2)cc1. The zero-order valence-corrected chi connectivity index (χ0v) is 11.6. The molecule has 4 heteroatoms. The predicted octanol–water partition coefficient (Wildman–Crippen LogP) is 3.60. The van der Waals surface area contributed by atoms with Crippen LogP contribution in [0.4, 0.5) is 0 Å². The van der Waals surface area contributed by atoms with Gasteiger partial charge in [0.05, 0.1) is 5.41 Å². The number of benzene rings is 1. The van der Waals surface area contributed by atoms with Gasteiger partial charge in [-0.1, -0.05) is 48.0 Å². The monoisotopic (exact) mass is 277 g/mol. The molecule has 0 bridgehead atoms. The third kappa shape index (κ3) is 1.95. The van der Waals surface area contributed by atoms with Crippen molar-refractivity contribution in [2.24, 2.45) is 0 Å². The highest BCUT2D eigenvalue weighted by atomic mass is 16.5. The Morgan fingerprint density at radius 3 is 2.43 bits per heavy atom. The lowest BCUT2D eigenvalue weighted by molar-refractivity contribution is 0.216. The zero-order valence-electron chi connectivity index (χ0n) is 11.6. The topological polar surface area (TPSA) is 51.8 Å². The minimum atomic E-state index is -0.110. The van der Waals surface area contributed by atoms with Crippen molar-refractivity contribution in [3.8, 4) is 11.5 Å². The zero-order chi connectivity index (χ0) is 14.1. The number of nitrogens with zero attached hydrogens (tertiary/aromatic N) is 3. The highest BCUT2D eigenvalue weighted by Crippen LogP contribution is 2.48. The van der Waals surface area contributed by atoms with Crippen LogP contribution >= 0.6 is 0 Å². The molecule has 4 nitrogen and oxygen atoms in total. The van der Waals surface area contributed by atoms with Crippen LogP contribution in [-0.4, -0.2) is 15.1 Å². The van der Waals surface area contributed by atoms with E-state index in [1.165, 1.54) is 12.0 Å². The fraction of sp³-hybridized carbons (Fsp3) is 0.235. The standard InChI is InChI=1S/C17H15N3O/c1-2-7-13(8-3-1)17(10-6-11-17)16-19-15(20-21-16)14-9-4-5-12-18-14/h1-5,7-9,12H,6,10-11H2. The van der Waals surface area contributed by atoms with Crippen LogP contribution in [0.15, 0.2) is 59.3 Å². The Morgan fingerprint density at radius 2 is 1.76 bits per heavy atom. The number of hydrogen-bond acceptors (Lipinski definition) is 4. The van der Waals surface area contributed by atoms with E-state index in [4.69, 9.17) is 4.52 Å². The molecule has 1 aliphatic carbocycles. The van der Waals surface area contributed by atoms with Crippen LogP contribution in [0, 0.1) is 0 Å². The molecule has 21 heavy (non-hydrogen) atoms. The smallest absolute Gasteiger partial charge is 0.237 e. The molecule has 1 aliphatic rings. The average Bonchev–Trinajstić information content (AvgIpc) is 2.98. The molecule has 1 saturated carbocycles. The van der Waals surface area contributed by atoms with Crippen molar-refractivity contribution in [2.75, 3.05) is 0 Å². The molecule has 0 radical (unpaired) electrons. The van der Waals surface area contributed by atoms with E-state index in [-0.39, 0.29) is 5.41 Å². The second-order valence-corrected chi connectivity index (χ2v) is 5.44. The molecule has 1 aromatic carbocycles. The maximum atomic E-state index is 5.58. The second kappa shape index (κ2) is 4.81. The molecule has 1 fully saturated rings. The van der Waals surface area contributed by atoms with Crippen LogP contribution in [0.25, 0.3) is 11.5 Å². The van der Waals surface area contributed by atoms with E-state index in [1.54, 1.807) is 6.20 Å². The third-order valence-electron chi connectivity index (χ3n) is 4.26. The van der Waals surface area contributed by atoms with Gasteiger partial charge in [-0.3, -0.25) is 4.98 Å². The summed E-state index contributed by atoms with van der Waals surface area (Å²) in [5, 5.41) is 4.11. The summed E-state index contributed by atoms with van der Waals surface area (Å²) >= 11 is 0. The summed E-state index contributed by atoms with van der Waals surface area (Å²) in [5.41, 5.74) is 1.89. The largest absolute Gasteiger partial charge is 0.338 e. The molecule has 0 aliphatic heterocycles. The normalized spacial score (nSPS) is 16.4. The van der Waals surface area contributed by atoms with Crippen LogP contribution in [0.3, 0.4) is 0 Å². The van der Waals surface area contributed by atoms with Gasteiger partial charge in [-0.2, -0.15) is 4.98 Å². The Balaban J connectivity index is 1.75. The van der Waals surface area contributed by atoms with Gasteiger partial charge >= 0.3 is 0 Å². The van der Waals surface area contributed by atoms with E-state index < -0.39 is 0 Å². The second-order valence-electron chi connectivity index (χ2n) is 5.44. The quantitative estimate of drug-likeness (QED) is 0.734. The molecule has 0 spiro atoms. The van der Waals surface area contributed by atoms with E-state index >= 15 is 0 Å². The first-order chi connectivity index (χ1) is 10.4. The third-order valence-corrected chi connectivity index (χ3v) is 4.26. The van der Waals surface area contributed by atoms with Crippen LogP contribution in [0.5, 0.6) is 0 Å². The van der Waals surface area contributed by atoms with Crippen LogP contribution in [0.1, 0.15) is 30.7 Å². The van der Waals surface area contributed by atoms with E-state index in [0.717, 1.165) is 18.5 Å². The van der Waals surface area contributed by atoms with Gasteiger partial charge in [0.25, 0.3) is 0 Å². The molecule has 0 amide bonds. The Labute approximate surface area is 122 Å². The minimum absolute atomic E-state index is 0.110. The molecule has 4 rings (SSSR count). The van der Waals surface area contributed by atoms with Crippen LogP contribution in [-0.2, 0) is 5.41 Å². The molecular formula is C17H15N3O. The van der Waals surface area contributed by atoms with Gasteiger partial charge in [-0.05, 0) is 30.5 Å². The van der Waals surface area contributed by atoms with Crippen molar-refractivity contribution in [3.63, 3.8) is 0 Å². The molecule has 104 valence electrons. The fourth-order valence-corrected chi connectivity index (χ4v) is 2.93. The van der Waals surface area contributed by atoms with Crippen LogP contribution in [0.2, 0.25) is 0 Å². The van der Waals surface area contributed by atoms with Gasteiger partial charge < -0.3 is 4.52 Å². The van der Waals surface area contributed by atoms with E-state index in [2.05, 4.69) is 39.4 Å². The molecule has 0 unspecified atom stereocenters. The number of aromatic nitrogens is 3. The predicted molar refractivity (Wildman–Crippen MR) is 78.6 cm³/mol. The number of rotatable bonds is 3. The first-order valence-electron chi connectivity index (χ1n) is 7.20. The summed E-state index contributed by atoms with van der Waals surface area (Å²) < 4.78 is 5.58. The lowest BCUT2D eigenvalue weighted by Gasteiger charge is -2.38. The highest BCUT2D eigenvalue weighted by molar-refractivity contribution is 5.48. The fourth-order valence-electron chi connectivity index (χ4n) is 2.93. The number of pyridine rings is 1. The van der Waals surface area contributed by atoms with Crippen LogP contribution < -0.4 is 0 Å². The molecule has 2 heterocycles. The maximum Gasteiger partial charge on any atom is 0.237 e. The molecule has 0 atom stereocenters. The molecule has 3 aromatic rings. The lowest BCUT2D eigenvalue weighted by atomic mass is 9.64. The van der Waals surface area contributed by atoms with Gasteiger partial charge in [0.15, 0.2) is 0 Å². The Kier molecular flexibility index (Phi) is 2.81. The van der Waals surface area contributed by atoms with Crippen molar-refractivity contribution in [3.05, 3.63) is 66.2 Å². The highest BCUT2D eigenvalue weighted by Gasteiger charge is 2.45. The summed E-state index contributed by atoms with van der Waals surface area (Å²) in [6.07, 6.45) is 5.04. The summed E-state index contributed by atoms with van der Waals surface area (Å²) in [5.74, 6) is 1.27. The van der Waals surface area contributed by atoms with Gasteiger partial charge in [0.2, 0.25) is 11.7 Å². The number of hydrogen-bond donors (Lipinski definition) is 0. The maximum absolute atomic E-state index is 5.58. The molecule has 0 N–H and O–H groups in total. The Bertz CT molecular complexity index is 733. The van der Waals surface area contributed by atoms with E-state index in [1.807, 2.05) is 24.3 Å². The van der Waals surface area contributed by atoms with Crippen molar-refractivity contribution in [1.29, 1.82) is 0 Å². The van der Waals surface area contributed by atoms with Gasteiger partial charge in [0, 0.05) is 6.20 Å². The van der Waals surface area contributed by atoms with Gasteiger partial charge in [-0.25, -0.2) is 0 Å². The first-order valence-corrected chi connectivity index (χ1v) is 7.20. The molecule has 2 aromatic heterocycles. The van der Waals surface area contributed by atoms with Gasteiger partial charge in [-0.15, -0.1) is 0 Å². The lowest BCUT2D eigenvalue weighted by Crippen LogP contribution is -2.35. The molecular weight excluding hydrogens is 262 g/mol. The molecule has 0 saturated heterocycles. The Hall–Kier alpha value is -2.49. The van der Waals surface area contributed by atoms with Crippen molar-refractivity contribution < 1.29 is 4.52 Å². The summed E-state index contributed by atoms with van der Waals surface area (Å²) in [7, 11) is 0. The first kappa shape index (κ1) is 12.3. The van der Waals surface area contributed by atoms with E-state index in [9.17, 15) is 0 Å². The average molecular weight is 277 g/mol. The Morgan fingerprint density at radius 1 is 0.952 bits per heavy atom. The van der Waals surface area contributed by atoms with Crippen molar-refractivity contribution >= 4 is 0 Å². The van der Waals surface area contributed by atoms with E-state index in [0.29, 0.717) is 11.7 Å².